The van der Waals surface area contributed by atoms with E-state index < -0.39 is 17.6 Å². The van der Waals surface area contributed by atoms with E-state index in [2.05, 4.69) is 91.8 Å². The average molecular weight is 658 g/mol. The molecule has 0 heterocycles. The van der Waals surface area contributed by atoms with Crippen molar-refractivity contribution in [1.82, 2.24) is 0 Å². The van der Waals surface area contributed by atoms with Gasteiger partial charge < -0.3 is 18.9 Å². The minimum atomic E-state index is -1.09. The van der Waals surface area contributed by atoms with Crippen LogP contribution < -0.4 is 0 Å². The number of hydrogen-bond donors (Lipinski definition) is 0. The number of benzene rings is 3. The Hall–Kier alpha value is -2.48. The largest absolute Gasteiger partial charge is 0.700 e. The Bertz CT molecular complexity index is 1030. The van der Waals surface area contributed by atoms with E-state index in [0.29, 0.717) is 23.7 Å². The van der Waals surface area contributed by atoms with Crippen molar-refractivity contribution in [2.45, 2.75) is 79.1 Å². The van der Waals surface area contributed by atoms with E-state index >= 15 is 0 Å². The number of hydrogen-bond acceptors (Lipinski definition) is 2. The van der Waals surface area contributed by atoms with Crippen molar-refractivity contribution in [2.24, 2.45) is 7.14 Å². The summed E-state index contributed by atoms with van der Waals surface area (Å²) in [6.07, 6.45) is 0. The van der Waals surface area contributed by atoms with Crippen molar-refractivity contribution < 1.29 is 17.6 Å². The molecule has 5 heteroatoms. The van der Waals surface area contributed by atoms with Crippen LogP contribution >= 0.6 is 0 Å². The van der Waals surface area contributed by atoms with Gasteiger partial charge in [-0.2, -0.15) is 11.4 Å². The zero-order valence-corrected chi connectivity index (χ0v) is 26.1. The van der Waals surface area contributed by atoms with Crippen LogP contribution in [0.15, 0.2) is 67.8 Å². The predicted octanol–water partition coefficient (Wildman–Crippen LogP) is 12.1. The maximum Gasteiger partial charge on any atom is -0.0636 e. The number of rotatable bonds is 6. The van der Waals surface area contributed by atoms with Crippen LogP contribution in [0.3, 0.4) is 0 Å². The Labute approximate surface area is 227 Å². The summed E-state index contributed by atoms with van der Waals surface area (Å²) < 4.78 is 10.3. The Kier molecular flexibility index (Phi) is 13.1. The summed E-state index contributed by atoms with van der Waals surface area (Å²) >= 11 is -1.09. The van der Waals surface area contributed by atoms with E-state index in [4.69, 9.17) is 18.6 Å². The van der Waals surface area contributed by atoms with Gasteiger partial charge in [0.05, 0.1) is 0 Å². The molecule has 0 aliphatic heterocycles. The fraction of sp³-hybridized carbons (Fsp3) is 0.387. The molecule has 197 valence electrons. The van der Waals surface area contributed by atoms with Crippen LogP contribution in [-0.2, 0) is 17.6 Å². The van der Waals surface area contributed by atoms with Gasteiger partial charge in [0.15, 0.2) is 0 Å². The van der Waals surface area contributed by atoms with Crippen LogP contribution in [0.2, 0.25) is 0 Å². The molecule has 2 N–H and O–H groups in total. The van der Waals surface area contributed by atoms with Gasteiger partial charge in [-0.25, -0.2) is 0 Å². The summed E-state index contributed by atoms with van der Waals surface area (Å²) in [5.41, 5.74) is 22.5. The number of nitrogens with zero attached hydrogens (tertiary/aromatic N) is 2. The molecule has 0 aliphatic rings. The molecule has 0 atom stereocenters. The van der Waals surface area contributed by atoms with Gasteiger partial charge in [-0.15, -0.1) is 0 Å². The molecule has 3 aromatic rings. The molecule has 0 aromatic heterocycles. The fourth-order valence-electron chi connectivity index (χ4n) is 3.80. The van der Waals surface area contributed by atoms with Crippen LogP contribution in [-0.4, -0.2) is 0 Å². The summed E-state index contributed by atoms with van der Waals surface area (Å²) in [6, 6.07) is 20.0. The average Bonchev–Trinajstić information content (AvgIpc) is 2.81. The van der Waals surface area contributed by atoms with E-state index in [-0.39, 0.29) is 18.8 Å². The molecule has 0 saturated heterocycles. The second-order valence-corrected chi connectivity index (χ2v) is 11.7. The zero-order valence-electron chi connectivity index (χ0n) is 23.4. The molecular formula is C31H43N4Re-3. The van der Waals surface area contributed by atoms with Gasteiger partial charge in [-0.1, -0.05) is 24.3 Å². The summed E-state index contributed by atoms with van der Waals surface area (Å²) in [5, 5.41) is 0. The molecule has 3 rings (SSSR count). The number of nitrogens with one attached hydrogen (secondary N) is 2. The molecular weight excluding hydrogens is 615 g/mol. The molecule has 4 nitrogen and oxygen atoms in total. The summed E-state index contributed by atoms with van der Waals surface area (Å²) in [4.78, 5) is 0. The Morgan fingerprint density at radius 2 is 0.778 bits per heavy atom. The van der Waals surface area contributed by atoms with Crippen LogP contribution in [0, 0.1) is 7.43 Å². The van der Waals surface area contributed by atoms with Gasteiger partial charge in [0.1, 0.15) is 0 Å². The SMILES string of the molecule is CC(C)c1cccc(C(C)C)c1[N]=[Re]=[N]c1c(C(C)C)cccc1C(C)C.[CH3-].[NH-]c1ccccc1[NH-]. The van der Waals surface area contributed by atoms with E-state index in [1.165, 1.54) is 33.6 Å². The van der Waals surface area contributed by atoms with Gasteiger partial charge in [0, 0.05) is 0 Å². The molecule has 0 spiro atoms. The van der Waals surface area contributed by atoms with Crippen molar-refractivity contribution in [3.8, 4) is 0 Å². The van der Waals surface area contributed by atoms with Gasteiger partial charge >= 0.3 is 174 Å². The minimum Gasteiger partial charge on any atom is -0.700 e. The molecule has 0 saturated carbocycles. The third kappa shape index (κ3) is 8.57. The fourth-order valence-corrected chi connectivity index (χ4v) is 5.88. The minimum absolute atomic E-state index is 0. The van der Waals surface area contributed by atoms with Gasteiger partial charge in [-0.3, -0.25) is 0 Å². The second-order valence-electron chi connectivity index (χ2n) is 9.98. The first kappa shape index (κ1) is 31.6. The van der Waals surface area contributed by atoms with Crippen molar-refractivity contribution in [3.05, 3.63) is 102 Å². The molecule has 0 radical (unpaired) electrons. The topological polar surface area (TPSA) is 72.3 Å². The Morgan fingerprint density at radius 3 is 1.00 bits per heavy atom. The Balaban J connectivity index is 0.000000611. The molecule has 0 bridgehead atoms. The van der Waals surface area contributed by atoms with Gasteiger partial charge in [-0.05, 0) is 0 Å². The molecule has 36 heavy (non-hydrogen) atoms. The van der Waals surface area contributed by atoms with Crippen molar-refractivity contribution in [3.63, 3.8) is 0 Å². The first-order valence-corrected chi connectivity index (χ1v) is 14.8. The third-order valence-electron chi connectivity index (χ3n) is 5.86. The van der Waals surface area contributed by atoms with Gasteiger partial charge in [0.25, 0.3) is 0 Å². The second kappa shape index (κ2) is 14.9. The molecule has 0 aliphatic carbocycles. The molecule has 0 unspecified atom stereocenters. The van der Waals surface area contributed by atoms with Crippen LogP contribution in [0.5, 0.6) is 0 Å². The first-order chi connectivity index (χ1) is 16.5. The third-order valence-corrected chi connectivity index (χ3v) is 7.61. The van der Waals surface area contributed by atoms with Gasteiger partial charge in [0.2, 0.25) is 0 Å². The summed E-state index contributed by atoms with van der Waals surface area (Å²) in [5.74, 6) is 1.92. The van der Waals surface area contributed by atoms with E-state index in [9.17, 15) is 0 Å². The smallest absolute Gasteiger partial charge is 0.0636 e. The van der Waals surface area contributed by atoms with Crippen molar-refractivity contribution in [1.29, 1.82) is 0 Å². The maximum absolute atomic E-state index is 7.03. The van der Waals surface area contributed by atoms with E-state index in [0.717, 1.165) is 0 Å². The normalized spacial score (nSPS) is 10.7. The predicted molar refractivity (Wildman–Crippen MR) is 154 cm³/mol. The summed E-state index contributed by atoms with van der Waals surface area (Å²) in [7, 11) is 0. The quantitative estimate of drug-likeness (QED) is 0.237. The van der Waals surface area contributed by atoms with E-state index in [1.807, 2.05) is 0 Å². The molecule has 0 amide bonds. The monoisotopic (exact) mass is 658 g/mol. The van der Waals surface area contributed by atoms with Crippen LogP contribution in [0.4, 0.5) is 22.7 Å². The zero-order chi connectivity index (χ0) is 26.1. The summed E-state index contributed by atoms with van der Waals surface area (Å²) in [6.45, 7) is 18.0. The standard InChI is InChI=1S/2C12H17N.C6H6N2.CH3.Re/c2*1-8(2)10-6-5-7-11(9(3)4)12(10)13;7-5-3-1-2-4-6(5)8;;/h2*5-9H,1-4H3;1-4,7-8H;1H3;/q;;-2;-1;. The van der Waals surface area contributed by atoms with Crippen molar-refractivity contribution in [2.75, 3.05) is 0 Å². The van der Waals surface area contributed by atoms with E-state index in [1.54, 1.807) is 24.3 Å². The molecule has 0 fully saturated rings. The first-order valence-electron chi connectivity index (χ1n) is 12.4. The van der Waals surface area contributed by atoms with Crippen LogP contribution in [0.25, 0.3) is 11.5 Å². The van der Waals surface area contributed by atoms with Crippen LogP contribution in [0.1, 0.15) is 101 Å². The maximum atomic E-state index is 7.03. The molecule has 3 aromatic carbocycles. The Morgan fingerprint density at radius 1 is 0.500 bits per heavy atom. The van der Waals surface area contributed by atoms with Crippen molar-refractivity contribution >= 4 is 22.7 Å².